The number of fused-ring (bicyclic) bond motifs is 2. The number of carbonyl (C=O) groups is 3. The van der Waals surface area contributed by atoms with Crippen LogP contribution >= 0.6 is 0 Å². The number of benzene rings is 1. The molecular weight excluding hydrogens is 400 g/mol. The van der Waals surface area contributed by atoms with Crippen LogP contribution in [0.25, 0.3) is 0 Å². The number of para-hydroxylation sites is 1. The van der Waals surface area contributed by atoms with Gasteiger partial charge in [0.05, 0.1) is 25.3 Å². The first-order chi connectivity index (χ1) is 15.0. The molecule has 3 amide bonds. The Labute approximate surface area is 181 Å². The number of ether oxygens (including phenoxy) is 2. The van der Waals surface area contributed by atoms with Crippen molar-refractivity contribution in [3.8, 4) is 5.75 Å². The number of likely N-dealkylation sites (N-methyl/N-ethyl adjacent to an activating group) is 1. The molecule has 9 heteroatoms. The van der Waals surface area contributed by atoms with Crippen molar-refractivity contribution in [2.45, 2.75) is 63.0 Å². The van der Waals surface area contributed by atoms with Crippen LogP contribution in [0.5, 0.6) is 5.75 Å². The number of hydrogen-bond acceptors (Lipinski definition) is 6. The van der Waals surface area contributed by atoms with Crippen LogP contribution < -0.4 is 20.7 Å². The monoisotopic (exact) mass is 430 g/mol. The Morgan fingerprint density at radius 1 is 1.06 bits per heavy atom. The van der Waals surface area contributed by atoms with E-state index in [9.17, 15) is 14.4 Å². The number of nitrogens with one attached hydrogen (secondary N) is 3. The Morgan fingerprint density at radius 3 is 2.65 bits per heavy atom. The predicted molar refractivity (Wildman–Crippen MR) is 112 cm³/mol. The van der Waals surface area contributed by atoms with Gasteiger partial charge in [0.1, 0.15) is 24.1 Å². The summed E-state index contributed by atoms with van der Waals surface area (Å²) in [6, 6.07) is 5.77. The summed E-state index contributed by atoms with van der Waals surface area (Å²) in [5.41, 5.74) is 0.946. The average Bonchev–Trinajstić information content (AvgIpc) is 3.15. The minimum Gasteiger partial charge on any atom is -0.493 e. The van der Waals surface area contributed by atoms with E-state index < -0.39 is 24.4 Å². The minimum atomic E-state index is -0.703. The molecule has 3 N–H and O–H groups in total. The third-order valence-corrected chi connectivity index (χ3v) is 6.32. The van der Waals surface area contributed by atoms with Crippen molar-refractivity contribution in [3.05, 3.63) is 29.8 Å². The standard InChI is InChI=1S/C22H30N4O5/c1-13(23-2)20(27)25-16-10-12-31-19-8-7-17(26(19)22(16)29)21(28)24-15-9-11-30-18-6-4-3-5-14(15)18/h3-6,13,15-17,19,23H,7-12H2,1-2H3,(H,24,28)(H,25,27)/t13-,15+,16-,17+,19-/m0/s1. The molecule has 0 aromatic heterocycles. The summed E-state index contributed by atoms with van der Waals surface area (Å²) in [4.78, 5) is 40.4. The van der Waals surface area contributed by atoms with Crippen LogP contribution in [0, 0.1) is 0 Å². The molecular formula is C22H30N4O5. The molecule has 2 saturated heterocycles. The lowest BCUT2D eigenvalue weighted by Crippen LogP contribution is -2.56. The zero-order valence-corrected chi connectivity index (χ0v) is 17.9. The Kier molecular flexibility index (Phi) is 6.43. The Hall–Kier alpha value is -2.65. The van der Waals surface area contributed by atoms with Gasteiger partial charge in [-0.3, -0.25) is 14.4 Å². The van der Waals surface area contributed by atoms with Gasteiger partial charge in [0.2, 0.25) is 17.7 Å². The number of amides is 3. The van der Waals surface area contributed by atoms with Crippen molar-refractivity contribution in [2.24, 2.45) is 0 Å². The van der Waals surface area contributed by atoms with E-state index in [1.807, 2.05) is 24.3 Å². The van der Waals surface area contributed by atoms with E-state index in [-0.39, 0.29) is 23.8 Å². The molecule has 31 heavy (non-hydrogen) atoms. The summed E-state index contributed by atoms with van der Waals surface area (Å²) in [5, 5.41) is 8.78. The third kappa shape index (κ3) is 4.38. The maximum atomic E-state index is 13.3. The molecule has 3 heterocycles. The molecule has 0 unspecified atom stereocenters. The molecule has 4 rings (SSSR count). The zero-order chi connectivity index (χ0) is 22.0. The van der Waals surface area contributed by atoms with E-state index in [2.05, 4.69) is 16.0 Å². The van der Waals surface area contributed by atoms with Crippen molar-refractivity contribution in [1.29, 1.82) is 0 Å². The molecule has 1 aromatic carbocycles. The van der Waals surface area contributed by atoms with Gasteiger partial charge in [-0.05, 0) is 32.9 Å². The highest BCUT2D eigenvalue weighted by Gasteiger charge is 2.46. The van der Waals surface area contributed by atoms with Crippen LogP contribution in [-0.2, 0) is 19.1 Å². The van der Waals surface area contributed by atoms with Gasteiger partial charge in [0.15, 0.2) is 0 Å². The van der Waals surface area contributed by atoms with E-state index in [1.54, 1.807) is 14.0 Å². The van der Waals surface area contributed by atoms with Gasteiger partial charge in [-0.25, -0.2) is 0 Å². The summed E-state index contributed by atoms with van der Waals surface area (Å²) in [5.74, 6) is 0.0678. The number of nitrogens with zero attached hydrogens (tertiary/aromatic N) is 1. The normalized spacial score (nSPS) is 28.6. The summed E-state index contributed by atoms with van der Waals surface area (Å²) >= 11 is 0. The van der Waals surface area contributed by atoms with Gasteiger partial charge in [-0.15, -0.1) is 0 Å². The first kappa shape index (κ1) is 21.6. The lowest BCUT2D eigenvalue weighted by molar-refractivity contribution is -0.149. The molecule has 0 spiro atoms. The SMILES string of the molecule is CN[C@@H](C)C(=O)N[C@H]1CCO[C@H]2CC[C@H](C(=O)N[C@@H]3CCOc4ccccc43)N2C1=O. The highest BCUT2D eigenvalue weighted by atomic mass is 16.5. The second-order valence-electron chi connectivity index (χ2n) is 8.26. The lowest BCUT2D eigenvalue weighted by Gasteiger charge is -2.32. The molecule has 0 radical (unpaired) electrons. The van der Waals surface area contributed by atoms with Gasteiger partial charge in [0.25, 0.3) is 0 Å². The van der Waals surface area contributed by atoms with E-state index in [4.69, 9.17) is 9.47 Å². The fraction of sp³-hybridized carbons (Fsp3) is 0.591. The summed E-state index contributed by atoms with van der Waals surface area (Å²) in [6.45, 7) is 2.61. The molecule has 3 aliphatic heterocycles. The van der Waals surface area contributed by atoms with Crippen molar-refractivity contribution >= 4 is 17.7 Å². The van der Waals surface area contributed by atoms with Crippen molar-refractivity contribution in [2.75, 3.05) is 20.3 Å². The molecule has 2 fully saturated rings. The largest absolute Gasteiger partial charge is 0.493 e. The summed E-state index contributed by atoms with van der Waals surface area (Å²) in [7, 11) is 1.69. The molecule has 0 bridgehead atoms. The van der Waals surface area contributed by atoms with Crippen LogP contribution in [0.4, 0.5) is 0 Å². The molecule has 0 aliphatic carbocycles. The van der Waals surface area contributed by atoms with Crippen molar-refractivity contribution in [3.63, 3.8) is 0 Å². The van der Waals surface area contributed by atoms with Crippen molar-refractivity contribution in [1.82, 2.24) is 20.9 Å². The van der Waals surface area contributed by atoms with Crippen LogP contribution in [0.2, 0.25) is 0 Å². The van der Waals surface area contributed by atoms with E-state index in [1.165, 1.54) is 4.90 Å². The molecule has 9 nitrogen and oxygen atoms in total. The van der Waals surface area contributed by atoms with Gasteiger partial charge in [0, 0.05) is 18.4 Å². The molecule has 1 aromatic rings. The van der Waals surface area contributed by atoms with Gasteiger partial charge in [-0.1, -0.05) is 18.2 Å². The Bertz CT molecular complexity index is 847. The minimum absolute atomic E-state index is 0.161. The second kappa shape index (κ2) is 9.23. The molecule has 168 valence electrons. The highest BCUT2D eigenvalue weighted by Crippen LogP contribution is 2.33. The average molecular weight is 431 g/mol. The third-order valence-electron chi connectivity index (χ3n) is 6.32. The van der Waals surface area contributed by atoms with Crippen molar-refractivity contribution < 1.29 is 23.9 Å². The lowest BCUT2D eigenvalue weighted by atomic mass is 10.00. The fourth-order valence-electron chi connectivity index (χ4n) is 4.44. The number of rotatable bonds is 5. The smallest absolute Gasteiger partial charge is 0.247 e. The number of hydrogen-bond donors (Lipinski definition) is 3. The van der Waals surface area contributed by atoms with Crippen LogP contribution in [-0.4, -0.2) is 67.2 Å². The highest BCUT2D eigenvalue weighted by molar-refractivity contribution is 5.93. The molecule has 3 aliphatic rings. The van der Waals surface area contributed by atoms with Gasteiger partial charge < -0.3 is 30.3 Å². The summed E-state index contributed by atoms with van der Waals surface area (Å²) < 4.78 is 11.5. The van der Waals surface area contributed by atoms with Crippen LogP contribution in [0.15, 0.2) is 24.3 Å². The fourth-order valence-corrected chi connectivity index (χ4v) is 4.44. The first-order valence-corrected chi connectivity index (χ1v) is 10.9. The molecule has 0 saturated carbocycles. The Balaban J connectivity index is 1.47. The van der Waals surface area contributed by atoms with Crippen LogP contribution in [0.3, 0.4) is 0 Å². The zero-order valence-electron chi connectivity index (χ0n) is 17.9. The van der Waals surface area contributed by atoms with E-state index >= 15 is 0 Å². The second-order valence-corrected chi connectivity index (χ2v) is 8.26. The summed E-state index contributed by atoms with van der Waals surface area (Å²) in [6.07, 6.45) is 1.75. The molecule has 5 atom stereocenters. The van der Waals surface area contributed by atoms with E-state index in [0.29, 0.717) is 38.9 Å². The maximum Gasteiger partial charge on any atom is 0.247 e. The van der Waals surface area contributed by atoms with Gasteiger partial charge in [-0.2, -0.15) is 0 Å². The maximum absolute atomic E-state index is 13.3. The quantitative estimate of drug-likeness (QED) is 0.626. The topological polar surface area (TPSA) is 109 Å². The Morgan fingerprint density at radius 2 is 1.84 bits per heavy atom. The first-order valence-electron chi connectivity index (χ1n) is 10.9. The predicted octanol–water partition coefficient (Wildman–Crippen LogP) is 0.457. The van der Waals surface area contributed by atoms with Gasteiger partial charge >= 0.3 is 0 Å². The van der Waals surface area contributed by atoms with Crippen LogP contribution in [0.1, 0.15) is 44.2 Å². The van der Waals surface area contributed by atoms with E-state index in [0.717, 1.165) is 11.3 Å². The number of carbonyl (C=O) groups excluding carboxylic acids is 3.